The number of nitrogens with two attached hydrogens (primary N) is 2. The van der Waals surface area contributed by atoms with E-state index in [1.165, 1.54) is 4.57 Å². The maximum atomic E-state index is 13.5. The van der Waals surface area contributed by atoms with E-state index in [4.69, 9.17) is 11.5 Å². The van der Waals surface area contributed by atoms with E-state index in [2.05, 4.69) is 30.9 Å². The second-order valence-corrected chi connectivity index (χ2v) is 11.0. The number of rotatable bonds is 3. The standard InChI is InChI=1S/C25H29IN10O3/c1-13(2)30-24(39)36-9-6-14-15(4-3-5-16(14)36)22(38)35-10-7-25(8-11-35)12-29-23(34-25)33-21(37)17-19(27)32-20(28)18(26)31-17/h3-6,9,13H,7-8,10-12H2,1-2H3,(H,30,39)(H4,27,28,32)(H2,29,33,34,37). The highest BCUT2D eigenvalue weighted by Gasteiger charge is 2.41. The number of hydrogen-bond donors (Lipinski definition) is 5. The number of benzene rings is 1. The van der Waals surface area contributed by atoms with E-state index in [0.717, 1.165) is 5.39 Å². The Morgan fingerprint density at radius 1 is 1.13 bits per heavy atom. The predicted molar refractivity (Wildman–Crippen MR) is 155 cm³/mol. The molecule has 2 aliphatic heterocycles. The van der Waals surface area contributed by atoms with Crippen LogP contribution in [-0.4, -0.2) is 74.5 Å². The van der Waals surface area contributed by atoms with Gasteiger partial charge in [-0.15, -0.1) is 0 Å². The number of aliphatic imine (C=N–C) groups is 1. The molecule has 1 aromatic carbocycles. The molecule has 13 nitrogen and oxygen atoms in total. The van der Waals surface area contributed by atoms with Crippen molar-refractivity contribution >= 4 is 68.9 Å². The highest BCUT2D eigenvalue weighted by molar-refractivity contribution is 14.1. The molecule has 2 fully saturated rings. The highest BCUT2D eigenvalue weighted by Crippen LogP contribution is 2.28. The van der Waals surface area contributed by atoms with Crippen molar-refractivity contribution in [1.82, 2.24) is 35.4 Å². The number of carbonyl (C=O) groups is 3. The summed E-state index contributed by atoms with van der Waals surface area (Å²) >= 11 is 1.88. The number of anilines is 2. The van der Waals surface area contributed by atoms with Crippen LogP contribution in [0, 0.1) is 3.70 Å². The number of nitrogens with one attached hydrogen (secondary N) is 3. The van der Waals surface area contributed by atoms with Crippen molar-refractivity contribution in [2.45, 2.75) is 38.3 Å². The molecule has 5 rings (SSSR count). The van der Waals surface area contributed by atoms with Gasteiger partial charge in [0.25, 0.3) is 5.91 Å². The Morgan fingerprint density at radius 2 is 1.87 bits per heavy atom. The lowest BCUT2D eigenvalue weighted by Gasteiger charge is -2.38. The molecule has 14 heteroatoms. The zero-order valence-corrected chi connectivity index (χ0v) is 23.7. The molecule has 3 aromatic rings. The maximum absolute atomic E-state index is 13.5. The summed E-state index contributed by atoms with van der Waals surface area (Å²) in [5, 5.41) is 10.1. The van der Waals surface area contributed by atoms with E-state index >= 15 is 0 Å². The van der Waals surface area contributed by atoms with Crippen LogP contribution in [-0.2, 0) is 0 Å². The minimum atomic E-state index is -0.625. The fourth-order valence-corrected chi connectivity index (χ4v) is 5.23. The molecule has 3 amide bonds. The molecule has 4 heterocycles. The van der Waals surface area contributed by atoms with Gasteiger partial charge in [0.15, 0.2) is 23.3 Å². The quantitative estimate of drug-likeness (QED) is 0.264. The molecule has 0 atom stereocenters. The summed E-state index contributed by atoms with van der Waals surface area (Å²) in [4.78, 5) is 52.7. The predicted octanol–water partition coefficient (Wildman–Crippen LogP) is 1.53. The molecule has 2 saturated heterocycles. The Balaban J connectivity index is 1.26. The van der Waals surface area contributed by atoms with Crippen LogP contribution in [0.4, 0.5) is 16.4 Å². The van der Waals surface area contributed by atoms with Crippen molar-refractivity contribution in [2.75, 3.05) is 31.1 Å². The smallest absolute Gasteiger partial charge is 0.326 e. The van der Waals surface area contributed by atoms with Crippen LogP contribution >= 0.6 is 22.6 Å². The number of hydrogen-bond acceptors (Lipinski definition) is 7. The van der Waals surface area contributed by atoms with E-state index in [0.29, 0.717) is 53.2 Å². The van der Waals surface area contributed by atoms with Crippen molar-refractivity contribution in [3.05, 3.63) is 45.4 Å². The number of guanidine groups is 1. The SMILES string of the molecule is CC(C)NC(=O)n1ccc2c(C(=O)N3CCC4(CC3)CN/C(=N\C(=O)c3nc(I)c(N)nc3N)N4)cccc21. The molecule has 0 radical (unpaired) electrons. The van der Waals surface area contributed by atoms with Crippen LogP contribution in [0.2, 0.25) is 0 Å². The van der Waals surface area contributed by atoms with E-state index in [1.807, 2.05) is 47.4 Å². The lowest BCUT2D eigenvalue weighted by molar-refractivity contribution is 0.0671. The maximum Gasteiger partial charge on any atom is 0.326 e. The topological polar surface area (TPSA) is 186 Å². The van der Waals surface area contributed by atoms with E-state index in [-0.39, 0.29) is 40.8 Å². The number of fused-ring (bicyclic) bond motifs is 1. The minimum Gasteiger partial charge on any atom is -0.382 e. The van der Waals surface area contributed by atoms with Gasteiger partial charge in [0, 0.05) is 42.8 Å². The van der Waals surface area contributed by atoms with Gasteiger partial charge in [-0.05, 0) is 67.5 Å². The normalized spacial score (nSPS) is 17.4. The van der Waals surface area contributed by atoms with Gasteiger partial charge in [-0.2, -0.15) is 4.99 Å². The second-order valence-electron chi connectivity index (χ2n) is 9.98. The molecule has 0 aliphatic carbocycles. The molecule has 0 bridgehead atoms. The van der Waals surface area contributed by atoms with Crippen molar-refractivity contribution < 1.29 is 14.4 Å². The molecule has 2 aliphatic rings. The summed E-state index contributed by atoms with van der Waals surface area (Å²) in [6.45, 7) is 5.40. The molecule has 1 spiro atoms. The molecule has 204 valence electrons. The zero-order chi connectivity index (χ0) is 27.9. The summed E-state index contributed by atoms with van der Waals surface area (Å²) < 4.78 is 1.90. The van der Waals surface area contributed by atoms with Crippen molar-refractivity contribution in [3.8, 4) is 0 Å². The number of carbonyl (C=O) groups excluding carboxylic acids is 3. The van der Waals surface area contributed by atoms with Crippen molar-refractivity contribution in [2.24, 2.45) is 4.99 Å². The summed E-state index contributed by atoms with van der Waals surface area (Å²) in [6, 6.07) is 6.98. The van der Waals surface area contributed by atoms with Crippen LogP contribution in [0.5, 0.6) is 0 Å². The van der Waals surface area contributed by atoms with Gasteiger partial charge in [-0.1, -0.05) is 6.07 Å². The lowest BCUT2D eigenvalue weighted by atomic mass is 9.88. The summed E-state index contributed by atoms with van der Waals surface area (Å²) in [6.07, 6.45) is 3.01. The molecule has 0 unspecified atom stereocenters. The number of amides is 3. The van der Waals surface area contributed by atoms with Gasteiger partial charge in [0.05, 0.1) is 11.1 Å². The van der Waals surface area contributed by atoms with Crippen LogP contribution < -0.4 is 27.4 Å². The monoisotopic (exact) mass is 644 g/mol. The van der Waals surface area contributed by atoms with Gasteiger partial charge in [0.2, 0.25) is 0 Å². The molecule has 2 aromatic heterocycles. The average Bonchev–Trinajstić information content (AvgIpc) is 3.50. The first-order valence-electron chi connectivity index (χ1n) is 12.5. The van der Waals surface area contributed by atoms with Gasteiger partial charge in [-0.3, -0.25) is 14.2 Å². The number of likely N-dealkylation sites (tertiary alicyclic amines) is 1. The Kier molecular flexibility index (Phi) is 7.05. The van der Waals surface area contributed by atoms with Crippen molar-refractivity contribution in [3.63, 3.8) is 0 Å². The molecule has 39 heavy (non-hydrogen) atoms. The molecular weight excluding hydrogens is 615 g/mol. The summed E-state index contributed by atoms with van der Waals surface area (Å²) in [5.74, 6) is -0.300. The van der Waals surface area contributed by atoms with Crippen molar-refractivity contribution in [1.29, 1.82) is 0 Å². The average molecular weight is 644 g/mol. The van der Waals surface area contributed by atoms with Gasteiger partial charge >= 0.3 is 11.9 Å². The number of piperidine rings is 1. The van der Waals surface area contributed by atoms with Crippen LogP contribution in [0.25, 0.3) is 10.9 Å². The first-order valence-corrected chi connectivity index (χ1v) is 13.6. The molecule has 7 N–H and O–H groups in total. The first kappa shape index (κ1) is 26.6. The third-order valence-corrected chi connectivity index (χ3v) is 7.69. The summed E-state index contributed by atoms with van der Waals surface area (Å²) in [5.41, 5.74) is 12.3. The van der Waals surface area contributed by atoms with E-state index < -0.39 is 5.91 Å². The Hall–Kier alpha value is -3.95. The Morgan fingerprint density at radius 3 is 2.59 bits per heavy atom. The van der Waals surface area contributed by atoms with Gasteiger partial charge in [0.1, 0.15) is 3.70 Å². The van der Waals surface area contributed by atoms with E-state index in [1.54, 1.807) is 24.4 Å². The number of aromatic nitrogens is 3. The number of nitrogens with zero attached hydrogens (tertiary/aromatic N) is 5. The Bertz CT molecular complexity index is 1510. The number of halogens is 1. The lowest BCUT2D eigenvalue weighted by Crippen LogP contribution is -2.53. The largest absolute Gasteiger partial charge is 0.382 e. The second kappa shape index (κ2) is 10.3. The fourth-order valence-electron chi connectivity index (χ4n) is 4.87. The van der Waals surface area contributed by atoms with Crippen LogP contribution in [0.3, 0.4) is 0 Å². The zero-order valence-electron chi connectivity index (χ0n) is 21.5. The minimum absolute atomic E-state index is 0.00353. The third-order valence-electron chi connectivity index (χ3n) is 6.90. The molecular formula is C25H29IN10O3. The Labute approximate surface area is 237 Å². The highest BCUT2D eigenvalue weighted by atomic mass is 127. The molecule has 0 saturated carbocycles. The third kappa shape index (κ3) is 5.20. The summed E-state index contributed by atoms with van der Waals surface area (Å²) in [7, 11) is 0. The first-order chi connectivity index (χ1) is 18.6. The fraction of sp³-hybridized carbons (Fsp3) is 0.360. The van der Waals surface area contributed by atoms with Gasteiger partial charge in [-0.25, -0.2) is 14.8 Å². The van der Waals surface area contributed by atoms with Crippen LogP contribution in [0.15, 0.2) is 35.5 Å². The number of nitrogen functional groups attached to an aromatic ring is 2. The van der Waals surface area contributed by atoms with Crippen LogP contribution in [0.1, 0.15) is 47.5 Å². The van der Waals surface area contributed by atoms with E-state index in [9.17, 15) is 14.4 Å². The van der Waals surface area contributed by atoms with Gasteiger partial charge < -0.3 is 32.3 Å².